The highest BCUT2D eigenvalue weighted by Gasteiger charge is 2.15. The number of hydrogen-bond donors (Lipinski definition) is 2. The van der Waals surface area contributed by atoms with E-state index in [9.17, 15) is 0 Å². The molecule has 14 heavy (non-hydrogen) atoms. The van der Waals surface area contributed by atoms with Gasteiger partial charge in [-0.1, -0.05) is 13.0 Å². The molecule has 0 aliphatic heterocycles. The molecule has 0 spiro atoms. The van der Waals surface area contributed by atoms with Crippen LogP contribution >= 0.6 is 0 Å². The molecule has 0 aliphatic carbocycles. The van der Waals surface area contributed by atoms with Crippen molar-refractivity contribution in [1.29, 1.82) is 0 Å². The van der Waals surface area contributed by atoms with Crippen LogP contribution < -0.4 is 11.1 Å². The Labute approximate surface area is 86.5 Å². The van der Waals surface area contributed by atoms with Gasteiger partial charge in [-0.3, -0.25) is 0 Å². The summed E-state index contributed by atoms with van der Waals surface area (Å²) in [7, 11) is 0. The Balaban J connectivity index is 2.87. The van der Waals surface area contributed by atoms with Gasteiger partial charge in [0.2, 0.25) is 0 Å². The zero-order chi connectivity index (χ0) is 10.8. The minimum Gasteiger partial charge on any atom is -0.397 e. The number of aryl methyl sites for hydroxylation is 1. The molecule has 0 heterocycles. The normalized spacial score (nSPS) is 11.4. The van der Waals surface area contributed by atoms with Crippen LogP contribution in [0.4, 0.5) is 11.4 Å². The van der Waals surface area contributed by atoms with E-state index in [2.05, 4.69) is 32.2 Å². The third-order valence-electron chi connectivity index (χ3n) is 2.56. The fraction of sp³-hybridized carbons (Fsp3) is 0.500. The number of anilines is 2. The quantitative estimate of drug-likeness (QED) is 0.722. The molecule has 0 radical (unpaired) electrons. The van der Waals surface area contributed by atoms with Gasteiger partial charge in [0.15, 0.2) is 0 Å². The first kappa shape index (κ1) is 10.9. The fourth-order valence-electron chi connectivity index (χ4n) is 1.25. The van der Waals surface area contributed by atoms with E-state index in [0.29, 0.717) is 0 Å². The summed E-state index contributed by atoms with van der Waals surface area (Å²) in [4.78, 5) is 0. The second-order valence-corrected chi connectivity index (χ2v) is 4.45. The summed E-state index contributed by atoms with van der Waals surface area (Å²) >= 11 is 0. The second kappa shape index (κ2) is 3.91. The highest BCUT2D eigenvalue weighted by atomic mass is 15.0. The number of nitrogens with one attached hydrogen (secondary N) is 1. The minimum atomic E-state index is 0.101. The molecule has 0 amide bonds. The van der Waals surface area contributed by atoms with Crippen molar-refractivity contribution in [2.75, 3.05) is 11.1 Å². The Morgan fingerprint density at radius 2 is 2.00 bits per heavy atom. The lowest BCUT2D eigenvalue weighted by Gasteiger charge is -2.26. The molecule has 0 saturated heterocycles. The van der Waals surface area contributed by atoms with Crippen molar-refractivity contribution in [2.24, 2.45) is 0 Å². The first-order valence-electron chi connectivity index (χ1n) is 5.09. The number of nitrogen functional groups attached to an aromatic ring is 1. The minimum absolute atomic E-state index is 0.101. The molecule has 0 atom stereocenters. The molecule has 2 nitrogen and oxygen atoms in total. The maximum absolute atomic E-state index is 5.92. The molecule has 0 fully saturated rings. The monoisotopic (exact) mass is 192 g/mol. The van der Waals surface area contributed by atoms with Gasteiger partial charge < -0.3 is 11.1 Å². The predicted octanol–water partition coefficient (Wildman–Crippen LogP) is 3.18. The lowest BCUT2D eigenvalue weighted by molar-refractivity contribution is 0.547. The summed E-state index contributed by atoms with van der Waals surface area (Å²) in [5.74, 6) is 0. The first-order chi connectivity index (χ1) is 6.44. The largest absolute Gasteiger partial charge is 0.397 e. The Hall–Kier alpha value is -1.18. The van der Waals surface area contributed by atoms with E-state index >= 15 is 0 Å². The average Bonchev–Trinajstić information content (AvgIpc) is 2.10. The van der Waals surface area contributed by atoms with Crippen LogP contribution in [0.15, 0.2) is 18.2 Å². The molecular weight excluding hydrogens is 172 g/mol. The van der Waals surface area contributed by atoms with E-state index in [1.807, 2.05) is 19.1 Å². The molecule has 0 aliphatic rings. The topological polar surface area (TPSA) is 38.0 Å². The van der Waals surface area contributed by atoms with Crippen LogP contribution in [0.1, 0.15) is 32.8 Å². The third-order valence-corrected chi connectivity index (χ3v) is 2.56. The number of benzene rings is 1. The molecule has 0 bridgehead atoms. The van der Waals surface area contributed by atoms with Crippen LogP contribution in [-0.4, -0.2) is 5.54 Å². The summed E-state index contributed by atoms with van der Waals surface area (Å²) in [5.41, 5.74) is 9.07. The van der Waals surface area contributed by atoms with E-state index < -0.39 is 0 Å². The highest BCUT2D eigenvalue weighted by Crippen LogP contribution is 2.24. The third kappa shape index (κ3) is 2.66. The molecule has 0 saturated carbocycles. The van der Waals surface area contributed by atoms with Gasteiger partial charge in [-0.2, -0.15) is 0 Å². The molecule has 0 unspecified atom stereocenters. The molecule has 1 aromatic carbocycles. The maximum Gasteiger partial charge on any atom is 0.0578 e. The van der Waals surface area contributed by atoms with Gasteiger partial charge in [0.05, 0.1) is 11.4 Å². The van der Waals surface area contributed by atoms with Crippen molar-refractivity contribution >= 4 is 11.4 Å². The van der Waals surface area contributed by atoms with Gasteiger partial charge in [0.1, 0.15) is 0 Å². The number of nitrogens with two attached hydrogens (primary N) is 1. The number of hydrogen-bond acceptors (Lipinski definition) is 2. The van der Waals surface area contributed by atoms with Crippen molar-refractivity contribution in [1.82, 2.24) is 0 Å². The molecule has 2 heteroatoms. The Kier molecular flexibility index (Phi) is 3.04. The summed E-state index contributed by atoms with van der Waals surface area (Å²) in [6.07, 6.45) is 1.07. The zero-order valence-corrected chi connectivity index (χ0v) is 9.52. The fourth-order valence-corrected chi connectivity index (χ4v) is 1.25. The van der Waals surface area contributed by atoms with Crippen LogP contribution in [0.3, 0.4) is 0 Å². The van der Waals surface area contributed by atoms with Gasteiger partial charge in [-0.25, -0.2) is 0 Å². The SMILES string of the molecule is CCC(C)(C)Nc1ccc(C)cc1N. The average molecular weight is 192 g/mol. The Bertz CT molecular complexity index is 316. The van der Waals surface area contributed by atoms with Crippen LogP contribution in [0.5, 0.6) is 0 Å². The van der Waals surface area contributed by atoms with Crippen molar-refractivity contribution in [2.45, 2.75) is 39.7 Å². The van der Waals surface area contributed by atoms with Gasteiger partial charge in [-0.15, -0.1) is 0 Å². The van der Waals surface area contributed by atoms with E-state index in [1.165, 1.54) is 5.56 Å². The summed E-state index contributed by atoms with van der Waals surface area (Å²) in [5, 5.41) is 3.44. The van der Waals surface area contributed by atoms with Gasteiger partial charge >= 0.3 is 0 Å². The van der Waals surface area contributed by atoms with E-state index in [1.54, 1.807) is 0 Å². The molecular formula is C12H20N2. The van der Waals surface area contributed by atoms with Crippen molar-refractivity contribution < 1.29 is 0 Å². The van der Waals surface area contributed by atoms with E-state index in [4.69, 9.17) is 5.73 Å². The van der Waals surface area contributed by atoms with Crippen LogP contribution in [-0.2, 0) is 0 Å². The van der Waals surface area contributed by atoms with E-state index in [-0.39, 0.29) is 5.54 Å². The smallest absolute Gasteiger partial charge is 0.0578 e. The first-order valence-corrected chi connectivity index (χ1v) is 5.09. The van der Waals surface area contributed by atoms with Crippen molar-refractivity contribution in [3.8, 4) is 0 Å². The number of rotatable bonds is 3. The van der Waals surface area contributed by atoms with Crippen LogP contribution in [0.2, 0.25) is 0 Å². The zero-order valence-electron chi connectivity index (χ0n) is 9.52. The Morgan fingerprint density at radius 1 is 1.36 bits per heavy atom. The molecule has 78 valence electrons. The molecule has 1 rings (SSSR count). The highest BCUT2D eigenvalue weighted by molar-refractivity contribution is 5.67. The standard InChI is InChI=1S/C12H20N2/c1-5-12(3,4)14-11-7-6-9(2)8-10(11)13/h6-8,14H,5,13H2,1-4H3. The lowest BCUT2D eigenvalue weighted by Crippen LogP contribution is -2.30. The van der Waals surface area contributed by atoms with Crippen LogP contribution in [0.25, 0.3) is 0 Å². The van der Waals surface area contributed by atoms with Gasteiger partial charge in [0.25, 0.3) is 0 Å². The second-order valence-electron chi connectivity index (χ2n) is 4.45. The van der Waals surface area contributed by atoms with Gasteiger partial charge in [0, 0.05) is 5.54 Å². The van der Waals surface area contributed by atoms with Crippen molar-refractivity contribution in [3.63, 3.8) is 0 Å². The van der Waals surface area contributed by atoms with Crippen molar-refractivity contribution in [3.05, 3.63) is 23.8 Å². The molecule has 0 aromatic heterocycles. The Morgan fingerprint density at radius 3 is 2.50 bits per heavy atom. The van der Waals surface area contributed by atoms with Gasteiger partial charge in [-0.05, 0) is 44.9 Å². The summed E-state index contributed by atoms with van der Waals surface area (Å²) in [6.45, 7) is 8.56. The lowest BCUT2D eigenvalue weighted by atomic mass is 10.0. The molecule has 1 aromatic rings. The van der Waals surface area contributed by atoms with E-state index in [0.717, 1.165) is 17.8 Å². The maximum atomic E-state index is 5.92. The summed E-state index contributed by atoms with van der Waals surface area (Å²) in [6, 6.07) is 6.11. The van der Waals surface area contributed by atoms with Crippen LogP contribution in [0, 0.1) is 6.92 Å². The molecule has 3 N–H and O–H groups in total. The summed E-state index contributed by atoms with van der Waals surface area (Å²) < 4.78 is 0. The predicted molar refractivity (Wildman–Crippen MR) is 63.6 cm³/mol.